The molecule has 1 heterocycles. The van der Waals surface area contributed by atoms with Crippen LogP contribution in [0.5, 0.6) is 11.6 Å². The number of ether oxygens (including phenoxy) is 1. The minimum atomic E-state index is 0.552. The van der Waals surface area contributed by atoms with Crippen molar-refractivity contribution in [3.63, 3.8) is 0 Å². The molecule has 0 aliphatic rings. The number of hydrogen-bond donors (Lipinski definition) is 0. The van der Waals surface area contributed by atoms with Crippen molar-refractivity contribution in [1.29, 1.82) is 5.26 Å². The Morgan fingerprint density at radius 3 is 2.26 bits per heavy atom. The van der Waals surface area contributed by atoms with E-state index in [9.17, 15) is 0 Å². The number of aryl methyl sites for hydroxylation is 3. The van der Waals surface area contributed by atoms with Crippen molar-refractivity contribution < 1.29 is 4.74 Å². The molecular weight excluding hydrogens is 304 g/mol. The molecule has 4 heteroatoms. The van der Waals surface area contributed by atoms with Crippen molar-refractivity contribution in [2.24, 2.45) is 0 Å². The monoisotopic (exact) mass is 316 g/mol. The van der Waals surface area contributed by atoms with Crippen LogP contribution in [0.4, 0.5) is 0 Å². The van der Waals surface area contributed by atoms with E-state index in [0.717, 1.165) is 26.9 Å². The third-order valence-corrected chi connectivity index (χ3v) is 3.65. The number of nitriles is 1. The van der Waals surface area contributed by atoms with Crippen molar-refractivity contribution in [3.05, 3.63) is 51.1 Å². The van der Waals surface area contributed by atoms with Gasteiger partial charge >= 0.3 is 0 Å². The number of benzene rings is 1. The number of pyridine rings is 1. The molecule has 1 aromatic heterocycles. The van der Waals surface area contributed by atoms with Gasteiger partial charge in [-0.15, -0.1) is 0 Å². The Bertz CT molecular complexity index is 651. The summed E-state index contributed by atoms with van der Waals surface area (Å²) in [4.78, 5) is 4.23. The third kappa shape index (κ3) is 2.94. The molecule has 2 rings (SSSR count). The van der Waals surface area contributed by atoms with Gasteiger partial charge in [-0.05, 0) is 65.5 Å². The predicted molar refractivity (Wildman–Crippen MR) is 77.4 cm³/mol. The number of aromatic nitrogens is 1. The van der Waals surface area contributed by atoms with Crippen molar-refractivity contribution in [3.8, 4) is 17.7 Å². The highest BCUT2D eigenvalue weighted by molar-refractivity contribution is 9.10. The van der Waals surface area contributed by atoms with Gasteiger partial charge in [0.25, 0.3) is 0 Å². The van der Waals surface area contributed by atoms with E-state index in [0.29, 0.717) is 11.4 Å². The van der Waals surface area contributed by atoms with Crippen molar-refractivity contribution >= 4 is 15.9 Å². The first-order chi connectivity index (χ1) is 9.01. The first kappa shape index (κ1) is 13.6. The molecule has 0 spiro atoms. The van der Waals surface area contributed by atoms with E-state index >= 15 is 0 Å². The summed E-state index contributed by atoms with van der Waals surface area (Å²) < 4.78 is 6.79. The van der Waals surface area contributed by atoms with Crippen LogP contribution in [-0.4, -0.2) is 4.98 Å². The van der Waals surface area contributed by atoms with E-state index in [4.69, 9.17) is 10.00 Å². The van der Waals surface area contributed by atoms with Gasteiger partial charge in [-0.3, -0.25) is 0 Å². The van der Waals surface area contributed by atoms with Gasteiger partial charge in [-0.2, -0.15) is 5.26 Å². The van der Waals surface area contributed by atoms with Crippen LogP contribution in [0.1, 0.15) is 22.3 Å². The fourth-order valence-electron chi connectivity index (χ4n) is 1.85. The predicted octanol–water partition coefficient (Wildman–Crippen LogP) is 4.43. The second-order valence-electron chi connectivity index (χ2n) is 4.42. The van der Waals surface area contributed by atoms with Crippen molar-refractivity contribution in [2.45, 2.75) is 20.8 Å². The molecule has 0 bridgehead atoms. The van der Waals surface area contributed by atoms with E-state index in [1.54, 1.807) is 6.20 Å². The topological polar surface area (TPSA) is 45.9 Å². The largest absolute Gasteiger partial charge is 0.438 e. The lowest BCUT2D eigenvalue weighted by Crippen LogP contribution is -1.95. The lowest BCUT2D eigenvalue weighted by molar-refractivity contribution is 0.455. The molecule has 0 saturated heterocycles. The Balaban J connectivity index is 2.38. The minimum Gasteiger partial charge on any atom is -0.438 e. The lowest BCUT2D eigenvalue weighted by atomic mass is 10.1. The van der Waals surface area contributed by atoms with Crippen LogP contribution in [0.15, 0.2) is 28.9 Å². The molecule has 0 unspecified atom stereocenters. The molecule has 0 aliphatic heterocycles. The van der Waals surface area contributed by atoms with E-state index in [2.05, 4.69) is 27.0 Å². The zero-order valence-corrected chi connectivity index (χ0v) is 12.6. The SMILES string of the molecule is Cc1cc(Oc2c(C)cc(C#N)cc2C)ncc1Br. The zero-order chi connectivity index (χ0) is 14.0. The van der Waals surface area contributed by atoms with Gasteiger partial charge in [-0.25, -0.2) is 4.98 Å². The highest BCUT2D eigenvalue weighted by Crippen LogP contribution is 2.30. The fraction of sp³-hybridized carbons (Fsp3) is 0.200. The minimum absolute atomic E-state index is 0.552. The molecule has 0 radical (unpaired) electrons. The molecular formula is C15H13BrN2O. The standard InChI is InChI=1S/C15H13BrN2O/c1-9-6-14(18-8-13(9)16)19-15-10(2)4-12(7-17)5-11(15)3/h4-6,8H,1-3H3. The second-order valence-corrected chi connectivity index (χ2v) is 5.28. The van der Waals surface area contributed by atoms with Crippen LogP contribution >= 0.6 is 15.9 Å². The summed E-state index contributed by atoms with van der Waals surface area (Å²) in [5.74, 6) is 1.31. The average molecular weight is 317 g/mol. The molecule has 1 aromatic carbocycles. The summed E-state index contributed by atoms with van der Waals surface area (Å²) in [7, 11) is 0. The lowest BCUT2D eigenvalue weighted by Gasteiger charge is -2.12. The summed E-state index contributed by atoms with van der Waals surface area (Å²) in [6, 6.07) is 7.64. The Morgan fingerprint density at radius 2 is 1.74 bits per heavy atom. The van der Waals surface area contributed by atoms with Crippen LogP contribution in [-0.2, 0) is 0 Å². The van der Waals surface area contributed by atoms with Crippen LogP contribution in [0, 0.1) is 32.1 Å². The molecule has 2 aromatic rings. The summed E-state index contributed by atoms with van der Waals surface area (Å²) >= 11 is 3.41. The molecule has 0 atom stereocenters. The highest BCUT2D eigenvalue weighted by Gasteiger charge is 2.09. The van der Waals surface area contributed by atoms with E-state index < -0.39 is 0 Å². The highest BCUT2D eigenvalue weighted by atomic mass is 79.9. The van der Waals surface area contributed by atoms with Crippen LogP contribution in [0.3, 0.4) is 0 Å². The Labute approximate surface area is 121 Å². The van der Waals surface area contributed by atoms with Gasteiger partial charge in [0.1, 0.15) is 5.75 Å². The molecule has 0 saturated carbocycles. The third-order valence-electron chi connectivity index (χ3n) is 2.82. The second kappa shape index (κ2) is 5.41. The molecule has 0 fully saturated rings. The Morgan fingerprint density at radius 1 is 1.11 bits per heavy atom. The van der Waals surface area contributed by atoms with Crippen LogP contribution in [0.2, 0.25) is 0 Å². The maximum Gasteiger partial charge on any atom is 0.219 e. The van der Waals surface area contributed by atoms with Crippen molar-refractivity contribution in [1.82, 2.24) is 4.98 Å². The van der Waals surface area contributed by atoms with Crippen molar-refractivity contribution in [2.75, 3.05) is 0 Å². The molecule has 0 aliphatic carbocycles. The molecule has 0 N–H and O–H groups in total. The average Bonchev–Trinajstić information content (AvgIpc) is 2.37. The number of rotatable bonds is 2. The molecule has 96 valence electrons. The number of halogens is 1. The van der Waals surface area contributed by atoms with Gasteiger partial charge in [0, 0.05) is 16.7 Å². The summed E-state index contributed by atoms with van der Waals surface area (Å²) in [5, 5.41) is 8.93. The normalized spacial score (nSPS) is 10.1. The maximum absolute atomic E-state index is 8.93. The first-order valence-electron chi connectivity index (χ1n) is 5.82. The fourth-order valence-corrected chi connectivity index (χ4v) is 2.07. The van der Waals surface area contributed by atoms with E-state index in [1.165, 1.54) is 0 Å². The zero-order valence-electron chi connectivity index (χ0n) is 11.0. The van der Waals surface area contributed by atoms with Gasteiger partial charge in [0.15, 0.2) is 0 Å². The summed E-state index contributed by atoms with van der Waals surface area (Å²) in [6.45, 7) is 5.83. The first-order valence-corrected chi connectivity index (χ1v) is 6.62. The number of nitrogens with zero attached hydrogens (tertiary/aromatic N) is 2. The summed E-state index contributed by atoms with van der Waals surface area (Å²) in [5.41, 5.74) is 3.56. The van der Waals surface area contributed by atoms with Gasteiger partial charge in [0.05, 0.1) is 11.6 Å². The van der Waals surface area contributed by atoms with Gasteiger partial charge < -0.3 is 4.74 Å². The molecule has 19 heavy (non-hydrogen) atoms. The maximum atomic E-state index is 8.93. The van der Waals surface area contributed by atoms with Gasteiger partial charge in [0.2, 0.25) is 5.88 Å². The summed E-state index contributed by atoms with van der Waals surface area (Å²) in [6.07, 6.45) is 1.72. The molecule has 0 amide bonds. The smallest absolute Gasteiger partial charge is 0.219 e. The molecule has 3 nitrogen and oxygen atoms in total. The Kier molecular flexibility index (Phi) is 3.87. The quantitative estimate of drug-likeness (QED) is 0.823. The van der Waals surface area contributed by atoms with Gasteiger partial charge in [-0.1, -0.05) is 0 Å². The van der Waals surface area contributed by atoms with E-state index in [1.807, 2.05) is 39.0 Å². The Hall–Kier alpha value is -1.86. The van der Waals surface area contributed by atoms with E-state index in [-0.39, 0.29) is 0 Å². The van der Waals surface area contributed by atoms with Crippen LogP contribution < -0.4 is 4.74 Å². The van der Waals surface area contributed by atoms with Crippen LogP contribution in [0.25, 0.3) is 0 Å². The number of hydrogen-bond acceptors (Lipinski definition) is 3.